The lowest BCUT2D eigenvalue weighted by atomic mass is 10.0. The number of carbonyl (C=O) groups excluding carboxylic acids is 1. The van der Waals surface area contributed by atoms with E-state index in [1.807, 2.05) is 6.92 Å². The molecule has 0 aliphatic rings. The fourth-order valence-corrected chi connectivity index (χ4v) is 1.64. The Hall–Kier alpha value is -0.800. The van der Waals surface area contributed by atoms with Crippen molar-refractivity contribution in [1.29, 1.82) is 0 Å². The summed E-state index contributed by atoms with van der Waals surface area (Å²) in [5, 5.41) is 0.505. The van der Waals surface area contributed by atoms with Crippen molar-refractivity contribution in [3.8, 4) is 0 Å². The van der Waals surface area contributed by atoms with Crippen molar-refractivity contribution in [2.75, 3.05) is 7.05 Å². The van der Waals surface area contributed by atoms with Crippen LogP contribution in [-0.2, 0) is 0 Å². The average Bonchev–Trinajstić information content (AvgIpc) is 2.29. The number of hydrogen-bond donors (Lipinski definition) is 0. The maximum atomic E-state index is 12.1. The molecule has 1 amide bonds. The molecule has 0 saturated carbocycles. The van der Waals surface area contributed by atoms with Crippen molar-refractivity contribution in [2.24, 2.45) is 5.92 Å². The summed E-state index contributed by atoms with van der Waals surface area (Å²) in [5.74, 6) is 0.289. The maximum absolute atomic E-state index is 12.1. The molecule has 1 atom stereocenters. The minimum absolute atomic E-state index is 0.0998. The lowest BCUT2D eigenvalue weighted by Crippen LogP contribution is -2.38. The standard InChI is InChI=1S/C12H16Cl2N2O/c1-7(2)8(3)16(4)12(17)9-5-10(13)11(14)15-6-9/h5-8H,1-4H3/t8-/m1/s1. The van der Waals surface area contributed by atoms with E-state index in [2.05, 4.69) is 18.8 Å². The first-order chi connectivity index (χ1) is 7.84. The molecule has 17 heavy (non-hydrogen) atoms. The minimum Gasteiger partial charge on any atom is -0.339 e. The van der Waals surface area contributed by atoms with Crippen LogP contribution in [0.5, 0.6) is 0 Å². The van der Waals surface area contributed by atoms with E-state index in [4.69, 9.17) is 23.2 Å². The van der Waals surface area contributed by atoms with Crippen LogP contribution in [0.2, 0.25) is 10.2 Å². The molecule has 0 unspecified atom stereocenters. The molecule has 0 aromatic carbocycles. The first-order valence-corrected chi connectivity index (χ1v) is 6.18. The first kappa shape index (κ1) is 14.3. The largest absolute Gasteiger partial charge is 0.339 e. The number of hydrogen-bond acceptors (Lipinski definition) is 2. The predicted molar refractivity (Wildman–Crippen MR) is 70.7 cm³/mol. The van der Waals surface area contributed by atoms with Gasteiger partial charge in [0.25, 0.3) is 5.91 Å². The molecule has 0 aliphatic heterocycles. The van der Waals surface area contributed by atoms with Gasteiger partial charge in [-0.05, 0) is 18.9 Å². The number of aromatic nitrogens is 1. The smallest absolute Gasteiger partial charge is 0.255 e. The molecule has 94 valence electrons. The van der Waals surface area contributed by atoms with Gasteiger partial charge in [0.05, 0.1) is 10.6 Å². The zero-order valence-corrected chi connectivity index (χ0v) is 11.9. The molecule has 5 heteroatoms. The number of amides is 1. The Morgan fingerprint density at radius 2 is 1.94 bits per heavy atom. The van der Waals surface area contributed by atoms with Crippen LogP contribution in [0.4, 0.5) is 0 Å². The van der Waals surface area contributed by atoms with Crippen LogP contribution >= 0.6 is 23.2 Å². The van der Waals surface area contributed by atoms with Crippen LogP contribution in [0.25, 0.3) is 0 Å². The van der Waals surface area contributed by atoms with E-state index in [0.717, 1.165) is 0 Å². The maximum Gasteiger partial charge on any atom is 0.255 e. The van der Waals surface area contributed by atoms with Crippen LogP contribution in [0.3, 0.4) is 0 Å². The number of nitrogens with zero attached hydrogens (tertiary/aromatic N) is 2. The summed E-state index contributed by atoms with van der Waals surface area (Å²) in [7, 11) is 1.77. The molecule has 3 nitrogen and oxygen atoms in total. The van der Waals surface area contributed by atoms with Gasteiger partial charge in [-0.25, -0.2) is 4.98 Å². The Kier molecular flexibility index (Phi) is 4.78. The van der Waals surface area contributed by atoms with Crippen molar-refractivity contribution in [1.82, 2.24) is 9.88 Å². The third-order valence-electron chi connectivity index (χ3n) is 2.94. The fraction of sp³-hybridized carbons (Fsp3) is 0.500. The quantitative estimate of drug-likeness (QED) is 0.791. The second-order valence-corrected chi connectivity index (χ2v) is 5.16. The number of halogens is 2. The molecule has 0 bridgehead atoms. The summed E-state index contributed by atoms with van der Waals surface area (Å²) in [6, 6.07) is 1.69. The van der Waals surface area contributed by atoms with Gasteiger partial charge in [-0.1, -0.05) is 37.0 Å². The van der Waals surface area contributed by atoms with Gasteiger partial charge >= 0.3 is 0 Å². The Balaban J connectivity index is 2.92. The summed E-state index contributed by atoms with van der Waals surface area (Å²) >= 11 is 11.5. The molecule has 1 heterocycles. The van der Waals surface area contributed by atoms with E-state index in [0.29, 0.717) is 16.5 Å². The molecule has 1 aromatic rings. The van der Waals surface area contributed by atoms with Gasteiger partial charge in [-0.15, -0.1) is 0 Å². The Morgan fingerprint density at radius 1 is 1.35 bits per heavy atom. The van der Waals surface area contributed by atoms with Crippen LogP contribution < -0.4 is 0 Å². The molecule has 1 aromatic heterocycles. The summed E-state index contributed by atoms with van der Waals surface area (Å²) in [6.45, 7) is 6.15. The van der Waals surface area contributed by atoms with Gasteiger partial charge in [0.2, 0.25) is 0 Å². The topological polar surface area (TPSA) is 33.2 Å². The van der Waals surface area contributed by atoms with E-state index in [9.17, 15) is 4.79 Å². The zero-order valence-electron chi connectivity index (χ0n) is 10.4. The molecular weight excluding hydrogens is 259 g/mol. The molecule has 1 rings (SSSR count). The van der Waals surface area contributed by atoms with Gasteiger partial charge in [-0.3, -0.25) is 4.79 Å². The Bertz CT molecular complexity index is 421. The van der Waals surface area contributed by atoms with Gasteiger partial charge in [0, 0.05) is 19.3 Å². The molecular formula is C12H16Cl2N2O. The van der Waals surface area contributed by atoms with E-state index in [1.165, 1.54) is 6.20 Å². The van der Waals surface area contributed by atoms with Crippen molar-refractivity contribution in [3.05, 3.63) is 28.0 Å². The van der Waals surface area contributed by atoms with E-state index < -0.39 is 0 Å². The SMILES string of the molecule is CC(C)[C@@H](C)N(C)C(=O)c1cnc(Cl)c(Cl)c1. The third-order valence-corrected chi connectivity index (χ3v) is 3.63. The fourth-order valence-electron chi connectivity index (χ4n) is 1.37. The highest BCUT2D eigenvalue weighted by molar-refractivity contribution is 6.41. The van der Waals surface area contributed by atoms with Crippen LogP contribution in [0.1, 0.15) is 31.1 Å². The number of carbonyl (C=O) groups is 1. The van der Waals surface area contributed by atoms with Crippen molar-refractivity contribution in [2.45, 2.75) is 26.8 Å². The molecule has 0 saturated heterocycles. The average molecular weight is 275 g/mol. The van der Waals surface area contributed by atoms with E-state index >= 15 is 0 Å². The normalized spacial score (nSPS) is 12.6. The van der Waals surface area contributed by atoms with Crippen molar-refractivity contribution < 1.29 is 4.79 Å². The number of rotatable bonds is 3. The number of pyridine rings is 1. The van der Waals surface area contributed by atoms with Crippen molar-refractivity contribution in [3.63, 3.8) is 0 Å². The molecule has 0 N–H and O–H groups in total. The highest BCUT2D eigenvalue weighted by Crippen LogP contribution is 2.21. The van der Waals surface area contributed by atoms with Crippen LogP contribution in [0, 0.1) is 5.92 Å². The first-order valence-electron chi connectivity index (χ1n) is 5.42. The van der Waals surface area contributed by atoms with Gasteiger partial charge < -0.3 is 4.90 Å². The zero-order chi connectivity index (χ0) is 13.2. The lowest BCUT2D eigenvalue weighted by molar-refractivity contribution is 0.0706. The minimum atomic E-state index is -0.0998. The van der Waals surface area contributed by atoms with Crippen molar-refractivity contribution >= 4 is 29.1 Å². The highest BCUT2D eigenvalue weighted by Gasteiger charge is 2.20. The van der Waals surface area contributed by atoms with Gasteiger partial charge in [0.1, 0.15) is 5.15 Å². The predicted octanol–water partition coefficient (Wildman–Crippen LogP) is 3.50. The summed E-state index contributed by atoms with van der Waals surface area (Å²) in [6.07, 6.45) is 1.44. The Morgan fingerprint density at radius 3 is 2.41 bits per heavy atom. The summed E-state index contributed by atoms with van der Waals surface area (Å²) < 4.78 is 0. The van der Waals surface area contributed by atoms with Crippen LogP contribution in [-0.4, -0.2) is 28.9 Å². The van der Waals surface area contributed by atoms with E-state index in [-0.39, 0.29) is 17.1 Å². The second kappa shape index (κ2) is 5.69. The molecule has 0 spiro atoms. The second-order valence-electron chi connectivity index (χ2n) is 4.40. The van der Waals surface area contributed by atoms with E-state index in [1.54, 1.807) is 18.0 Å². The van der Waals surface area contributed by atoms with Crippen LogP contribution in [0.15, 0.2) is 12.3 Å². The monoisotopic (exact) mass is 274 g/mol. The van der Waals surface area contributed by atoms with Gasteiger partial charge in [-0.2, -0.15) is 0 Å². The molecule has 0 fully saturated rings. The molecule has 0 radical (unpaired) electrons. The highest BCUT2D eigenvalue weighted by atomic mass is 35.5. The summed E-state index contributed by atoms with van der Waals surface area (Å²) in [5.41, 5.74) is 0.453. The molecule has 0 aliphatic carbocycles. The summed E-state index contributed by atoms with van der Waals surface area (Å²) in [4.78, 5) is 17.7. The Labute approximate surface area is 112 Å². The van der Waals surface area contributed by atoms with Gasteiger partial charge in [0.15, 0.2) is 0 Å². The lowest BCUT2D eigenvalue weighted by Gasteiger charge is -2.28. The third kappa shape index (κ3) is 3.33.